The summed E-state index contributed by atoms with van der Waals surface area (Å²) >= 11 is 6.00. The second-order valence-corrected chi connectivity index (χ2v) is 8.60. The lowest BCUT2D eigenvalue weighted by molar-refractivity contribution is 0.0395. The lowest BCUT2D eigenvalue weighted by Gasteiger charge is -2.33. The Morgan fingerprint density at radius 1 is 1.16 bits per heavy atom. The molecule has 0 N–H and O–H groups in total. The number of hydrogen-bond acceptors (Lipinski definition) is 5. The van der Waals surface area contributed by atoms with E-state index < -0.39 is 5.82 Å². The van der Waals surface area contributed by atoms with Gasteiger partial charge in [-0.1, -0.05) is 11.6 Å². The summed E-state index contributed by atoms with van der Waals surface area (Å²) in [6.45, 7) is 5.84. The van der Waals surface area contributed by atoms with Crippen molar-refractivity contribution >= 4 is 28.3 Å². The van der Waals surface area contributed by atoms with Gasteiger partial charge in [0, 0.05) is 59.6 Å². The van der Waals surface area contributed by atoms with Crippen LogP contribution in [0.25, 0.3) is 22.2 Å². The second-order valence-electron chi connectivity index (χ2n) is 8.16. The Hall–Kier alpha value is -3.03. The van der Waals surface area contributed by atoms with E-state index in [1.807, 2.05) is 45.4 Å². The topological polar surface area (TPSA) is 56.1 Å². The van der Waals surface area contributed by atoms with Gasteiger partial charge in [0.05, 0.1) is 24.0 Å². The van der Waals surface area contributed by atoms with Gasteiger partial charge in [0.2, 0.25) is 0 Å². The molecule has 1 aliphatic rings. The maximum Gasteiger partial charge on any atom is 0.134 e. The van der Waals surface area contributed by atoms with E-state index in [2.05, 4.69) is 10.00 Å². The summed E-state index contributed by atoms with van der Waals surface area (Å²) in [6, 6.07) is 8.68. The molecule has 0 saturated carbocycles. The van der Waals surface area contributed by atoms with Crippen molar-refractivity contribution in [3.05, 3.63) is 70.4 Å². The Balaban J connectivity index is 1.62. The largest absolute Gasteiger partial charge is 0.370 e. The highest BCUT2D eigenvalue weighted by Gasteiger charge is 2.25. The van der Waals surface area contributed by atoms with Crippen LogP contribution in [0.3, 0.4) is 0 Å². The molecule has 6 nitrogen and oxygen atoms in total. The zero-order valence-corrected chi connectivity index (χ0v) is 18.9. The number of anilines is 1. The SMILES string of the molecule is Cc1cc2c(-c3ccc(Cl)cc3F)nc(N3CCO[C@@H](c4cnn(C)c4)C3)cc2nc1C. The molecule has 3 aromatic heterocycles. The van der Waals surface area contributed by atoms with E-state index >= 15 is 0 Å². The van der Waals surface area contributed by atoms with Gasteiger partial charge in [0.25, 0.3) is 0 Å². The predicted molar refractivity (Wildman–Crippen MR) is 124 cm³/mol. The van der Waals surface area contributed by atoms with E-state index in [-0.39, 0.29) is 6.10 Å². The molecule has 1 saturated heterocycles. The first-order valence-electron chi connectivity index (χ1n) is 10.5. The molecule has 32 heavy (non-hydrogen) atoms. The van der Waals surface area contributed by atoms with Gasteiger partial charge in [0.15, 0.2) is 0 Å². The van der Waals surface area contributed by atoms with E-state index in [1.165, 1.54) is 6.07 Å². The third kappa shape index (κ3) is 3.82. The second kappa shape index (κ2) is 8.15. The summed E-state index contributed by atoms with van der Waals surface area (Å²) in [5.74, 6) is 0.340. The molecular weight excluding hydrogens is 429 g/mol. The van der Waals surface area contributed by atoms with Crippen LogP contribution in [0.1, 0.15) is 22.9 Å². The first-order valence-corrected chi connectivity index (χ1v) is 10.9. The minimum atomic E-state index is -0.406. The maximum absolute atomic E-state index is 14.9. The third-order valence-electron chi connectivity index (χ3n) is 5.92. The zero-order chi connectivity index (χ0) is 22.4. The van der Waals surface area contributed by atoms with Gasteiger partial charge in [-0.3, -0.25) is 9.67 Å². The van der Waals surface area contributed by atoms with E-state index in [9.17, 15) is 4.39 Å². The van der Waals surface area contributed by atoms with Gasteiger partial charge >= 0.3 is 0 Å². The summed E-state index contributed by atoms with van der Waals surface area (Å²) in [4.78, 5) is 11.9. The van der Waals surface area contributed by atoms with Crippen molar-refractivity contribution in [1.29, 1.82) is 0 Å². The van der Waals surface area contributed by atoms with Gasteiger partial charge in [0.1, 0.15) is 17.7 Å². The zero-order valence-electron chi connectivity index (χ0n) is 18.1. The van der Waals surface area contributed by atoms with Crippen LogP contribution in [0.5, 0.6) is 0 Å². The minimum absolute atomic E-state index is 0.113. The quantitative estimate of drug-likeness (QED) is 0.438. The van der Waals surface area contributed by atoms with Crippen LogP contribution in [0.4, 0.5) is 10.2 Å². The van der Waals surface area contributed by atoms with Crippen molar-refractivity contribution in [2.24, 2.45) is 7.05 Å². The number of rotatable bonds is 3. The van der Waals surface area contributed by atoms with Crippen LogP contribution in [-0.4, -0.2) is 39.4 Å². The fourth-order valence-corrected chi connectivity index (χ4v) is 4.23. The molecule has 4 aromatic rings. The molecule has 1 fully saturated rings. The number of hydrogen-bond donors (Lipinski definition) is 0. The van der Waals surface area contributed by atoms with Gasteiger partial charge in [-0.2, -0.15) is 5.10 Å². The molecule has 0 radical (unpaired) electrons. The Morgan fingerprint density at radius 3 is 2.75 bits per heavy atom. The van der Waals surface area contributed by atoms with Gasteiger partial charge < -0.3 is 9.64 Å². The third-order valence-corrected chi connectivity index (χ3v) is 6.15. The van der Waals surface area contributed by atoms with Crippen molar-refractivity contribution in [3.63, 3.8) is 0 Å². The number of morpholine rings is 1. The molecule has 1 atom stereocenters. The van der Waals surface area contributed by atoms with Crippen molar-refractivity contribution < 1.29 is 9.13 Å². The Labute approximate surface area is 190 Å². The maximum atomic E-state index is 14.9. The fourth-order valence-electron chi connectivity index (χ4n) is 4.07. The first kappa shape index (κ1) is 20.8. The molecule has 0 bridgehead atoms. The number of pyridine rings is 2. The van der Waals surface area contributed by atoms with Crippen molar-refractivity contribution in [3.8, 4) is 11.3 Å². The predicted octanol–water partition coefficient (Wildman–Crippen LogP) is 5.02. The summed E-state index contributed by atoms with van der Waals surface area (Å²) in [5, 5.41) is 5.43. The summed E-state index contributed by atoms with van der Waals surface area (Å²) in [7, 11) is 1.89. The highest BCUT2D eigenvalue weighted by Crippen LogP contribution is 2.34. The van der Waals surface area contributed by atoms with Crippen LogP contribution in [0, 0.1) is 19.7 Å². The van der Waals surface area contributed by atoms with Crippen LogP contribution in [-0.2, 0) is 11.8 Å². The number of aromatic nitrogens is 4. The molecule has 8 heteroatoms. The molecule has 0 amide bonds. The molecular formula is C24H23ClFN5O. The van der Waals surface area contributed by atoms with E-state index in [0.717, 1.165) is 33.5 Å². The molecule has 5 rings (SSSR count). The number of halogens is 2. The Morgan fingerprint density at radius 2 is 2.00 bits per heavy atom. The highest BCUT2D eigenvalue weighted by molar-refractivity contribution is 6.30. The van der Waals surface area contributed by atoms with Crippen LogP contribution in [0.2, 0.25) is 5.02 Å². The number of aryl methyl sites for hydroxylation is 3. The number of nitrogens with zero attached hydrogens (tertiary/aromatic N) is 5. The number of benzene rings is 1. The fraction of sp³-hybridized carbons (Fsp3) is 0.292. The highest BCUT2D eigenvalue weighted by atomic mass is 35.5. The normalized spacial score (nSPS) is 16.7. The molecule has 0 spiro atoms. The van der Waals surface area contributed by atoms with Crippen molar-refractivity contribution in [1.82, 2.24) is 19.7 Å². The first-order chi connectivity index (χ1) is 15.4. The summed E-state index contributed by atoms with van der Waals surface area (Å²) in [5.41, 5.74) is 4.74. The number of ether oxygens (including phenoxy) is 1. The molecule has 0 aliphatic carbocycles. The average Bonchev–Trinajstić information content (AvgIpc) is 3.21. The number of fused-ring (bicyclic) bond motifs is 1. The van der Waals surface area contributed by atoms with Crippen molar-refractivity contribution in [2.45, 2.75) is 20.0 Å². The van der Waals surface area contributed by atoms with E-state index in [4.69, 9.17) is 26.3 Å². The van der Waals surface area contributed by atoms with Crippen LogP contribution < -0.4 is 4.90 Å². The average molecular weight is 452 g/mol. The molecule has 1 aliphatic heterocycles. The van der Waals surface area contributed by atoms with Crippen molar-refractivity contribution in [2.75, 3.05) is 24.6 Å². The molecule has 1 aromatic carbocycles. The lowest BCUT2D eigenvalue weighted by atomic mass is 10.0. The van der Waals surface area contributed by atoms with Crippen LogP contribution >= 0.6 is 11.6 Å². The molecule has 0 unspecified atom stereocenters. The van der Waals surface area contributed by atoms with Gasteiger partial charge in [-0.15, -0.1) is 0 Å². The standard InChI is InChI=1S/C24H23ClFN5O/c1-14-8-19-21(28-15(14)2)10-23(29-24(19)18-5-4-17(25)9-20(18)26)31-6-7-32-22(13-31)16-11-27-30(3)12-16/h4-5,8-12,22H,6-7,13H2,1-3H3/t22-/m1/s1. The Kier molecular flexibility index (Phi) is 5.31. The summed E-state index contributed by atoms with van der Waals surface area (Å²) < 4.78 is 22.7. The molecule has 4 heterocycles. The van der Waals surface area contributed by atoms with Crippen LogP contribution in [0.15, 0.2) is 42.7 Å². The van der Waals surface area contributed by atoms with Gasteiger partial charge in [-0.25, -0.2) is 9.37 Å². The van der Waals surface area contributed by atoms with E-state index in [0.29, 0.717) is 36.0 Å². The minimum Gasteiger partial charge on any atom is -0.370 e. The molecule has 164 valence electrons. The van der Waals surface area contributed by atoms with E-state index in [1.54, 1.807) is 16.8 Å². The smallest absolute Gasteiger partial charge is 0.134 e. The Bertz CT molecular complexity index is 1320. The summed E-state index contributed by atoms with van der Waals surface area (Å²) in [6.07, 6.45) is 3.67. The lowest BCUT2D eigenvalue weighted by Crippen LogP contribution is -2.38. The monoisotopic (exact) mass is 451 g/mol. The van der Waals surface area contributed by atoms with Gasteiger partial charge in [-0.05, 0) is 43.7 Å².